The van der Waals surface area contributed by atoms with Crippen LogP contribution in [0.3, 0.4) is 0 Å². The highest BCUT2D eigenvalue weighted by Gasteiger charge is 2.52. The second kappa shape index (κ2) is 6.05. The van der Waals surface area contributed by atoms with Crippen LogP contribution in [0.5, 0.6) is 0 Å². The topological polar surface area (TPSA) is 36.3 Å². The summed E-state index contributed by atoms with van der Waals surface area (Å²) >= 11 is 0. The number of hydrogen-bond acceptors (Lipinski definition) is 3. The van der Waals surface area contributed by atoms with Crippen LogP contribution in [0, 0.1) is 5.92 Å². The van der Waals surface area contributed by atoms with Crippen LogP contribution in [-0.2, 0) is 9.31 Å². The molecule has 1 saturated heterocycles. The molecule has 3 rings (SSSR count). The molecule has 0 amide bonds. The Labute approximate surface area is 145 Å². The predicted octanol–water partition coefficient (Wildman–Crippen LogP) is 3.43. The van der Waals surface area contributed by atoms with E-state index in [4.69, 9.17) is 9.31 Å². The van der Waals surface area contributed by atoms with Crippen molar-refractivity contribution in [2.75, 3.05) is 0 Å². The van der Waals surface area contributed by atoms with Gasteiger partial charge in [0.2, 0.25) is 0 Å². The first-order valence-electron chi connectivity index (χ1n) is 8.66. The zero-order valence-electron chi connectivity index (χ0n) is 15.5. The third-order valence-electron chi connectivity index (χ3n) is 5.20. The van der Waals surface area contributed by atoms with Crippen molar-refractivity contribution in [3.05, 3.63) is 48.3 Å². The van der Waals surface area contributed by atoms with E-state index in [9.17, 15) is 0 Å². The zero-order chi connectivity index (χ0) is 17.5. The van der Waals surface area contributed by atoms with Crippen LogP contribution in [0.25, 0.3) is 0 Å². The third-order valence-corrected chi connectivity index (χ3v) is 5.20. The van der Waals surface area contributed by atoms with Crippen LogP contribution < -0.4 is 5.46 Å². The molecule has 0 spiro atoms. The zero-order valence-corrected chi connectivity index (χ0v) is 15.5. The van der Waals surface area contributed by atoms with Crippen LogP contribution in [0.4, 0.5) is 0 Å². The van der Waals surface area contributed by atoms with Crippen LogP contribution in [0.15, 0.2) is 42.7 Å². The van der Waals surface area contributed by atoms with Crippen molar-refractivity contribution in [1.29, 1.82) is 0 Å². The minimum absolute atomic E-state index is 0.197. The molecule has 1 unspecified atom stereocenters. The summed E-state index contributed by atoms with van der Waals surface area (Å²) in [5.74, 6) is 0.429. The van der Waals surface area contributed by atoms with E-state index in [0.717, 1.165) is 5.46 Å². The lowest BCUT2D eigenvalue weighted by Crippen LogP contribution is -2.41. The fourth-order valence-electron chi connectivity index (χ4n) is 3.10. The Morgan fingerprint density at radius 2 is 1.58 bits per heavy atom. The Kier molecular flexibility index (Phi) is 4.35. The molecule has 0 aliphatic carbocycles. The van der Waals surface area contributed by atoms with Crippen molar-refractivity contribution in [3.8, 4) is 0 Å². The fraction of sp³-hybridized carbons (Fsp3) is 0.526. The van der Waals surface area contributed by atoms with Gasteiger partial charge in [-0.05, 0) is 39.2 Å². The maximum absolute atomic E-state index is 6.13. The molecule has 1 aromatic carbocycles. The lowest BCUT2D eigenvalue weighted by atomic mass is 9.82. The summed E-state index contributed by atoms with van der Waals surface area (Å²) in [7, 11) is -0.368. The van der Waals surface area contributed by atoms with Crippen molar-refractivity contribution >= 4 is 12.6 Å². The Bertz CT molecular complexity index is 678. The molecule has 4 nitrogen and oxygen atoms in total. The van der Waals surface area contributed by atoms with E-state index in [1.165, 1.54) is 5.56 Å². The van der Waals surface area contributed by atoms with Gasteiger partial charge in [-0.2, -0.15) is 5.10 Å². The van der Waals surface area contributed by atoms with Gasteiger partial charge in [-0.3, -0.25) is 4.68 Å². The summed E-state index contributed by atoms with van der Waals surface area (Å²) in [4.78, 5) is 0. The first-order chi connectivity index (χ1) is 11.2. The van der Waals surface area contributed by atoms with Crippen LogP contribution in [0.1, 0.15) is 53.1 Å². The Morgan fingerprint density at radius 1 is 1.00 bits per heavy atom. The lowest BCUT2D eigenvalue weighted by molar-refractivity contribution is 0.00578. The Morgan fingerprint density at radius 3 is 2.12 bits per heavy atom. The molecule has 1 aromatic heterocycles. The number of benzene rings is 1. The molecule has 1 aliphatic rings. The summed E-state index contributed by atoms with van der Waals surface area (Å²) < 4.78 is 14.3. The molecule has 1 fully saturated rings. The fourth-order valence-corrected chi connectivity index (χ4v) is 3.10. The molecule has 0 bridgehead atoms. The second-order valence-electron chi connectivity index (χ2n) is 7.94. The maximum Gasteiger partial charge on any atom is 0.498 e. The summed E-state index contributed by atoms with van der Waals surface area (Å²) in [5.41, 5.74) is 1.55. The van der Waals surface area contributed by atoms with E-state index < -0.39 is 0 Å². The molecule has 0 N–H and O–H groups in total. The van der Waals surface area contributed by atoms with Crippen LogP contribution >= 0.6 is 0 Å². The van der Waals surface area contributed by atoms with Gasteiger partial charge in [-0.15, -0.1) is 0 Å². The van der Waals surface area contributed by atoms with E-state index in [1.54, 1.807) is 0 Å². The van der Waals surface area contributed by atoms with Gasteiger partial charge in [0.15, 0.2) is 0 Å². The number of rotatable bonds is 4. The van der Waals surface area contributed by atoms with Gasteiger partial charge in [-0.1, -0.05) is 44.2 Å². The van der Waals surface area contributed by atoms with E-state index >= 15 is 0 Å². The summed E-state index contributed by atoms with van der Waals surface area (Å²) in [6, 6.07) is 10.7. The number of hydrogen-bond donors (Lipinski definition) is 0. The molecule has 5 heteroatoms. The van der Waals surface area contributed by atoms with Crippen molar-refractivity contribution in [1.82, 2.24) is 9.78 Å². The van der Waals surface area contributed by atoms with Gasteiger partial charge < -0.3 is 9.31 Å². The first-order valence-corrected chi connectivity index (χ1v) is 8.66. The standard InChI is InChI=1S/C19H27BN2O2/c1-14(2)17(15-10-8-7-9-11-15)22-13-16(12-21-22)20-23-18(3,4)19(5,6)24-20/h7-14,17H,1-6H3. The summed E-state index contributed by atoms with van der Waals surface area (Å²) in [6.45, 7) is 12.7. The highest BCUT2D eigenvalue weighted by Crippen LogP contribution is 2.36. The van der Waals surface area contributed by atoms with Crippen LogP contribution in [0.2, 0.25) is 0 Å². The molecule has 2 aromatic rings. The third kappa shape index (κ3) is 3.03. The highest BCUT2D eigenvalue weighted by molar-refractivity contribution is 6.62. The van der Waals surface area contributed by atoms with Crippen molar-refractivity contribution < 1.29 is 9.31 Å². The quantitative estimate of drug-likeness (QED) is 0.808. The predicted molar refractivity (Wildman–Crippen MR) is 97.4 cm³/mol. The largest absolute Gasteiger partial charge is 0.498 e. The van der Waals surface area contributed by atoms with Crippen LogP contribution in [-0.4, -0.2) is 28.1 Å². The van der Waals surface area contributed by atoms with Gasteiger partial charge in [0, 0.05) is 17.9 Å². The van der Waals surface area contributed by atoms with Gasteiger partial charge >= 0.3 is 7.12 Å². The minimum atomic E-state index is -0.368. The van der Waals surface area contributed by atoms with Crippen molar-refractivity contribution in [2.45, 2.75) is 58.8 Å². The van der Waals surface area contributed by atoms with E-state index in [0.29, 0.717) is 5.92 Å². The molecule has 0 radical (unpaired) electrons. The monoisotopic (exact) mass is 326 g/mol. The molecule has 2 heterocycles. The van der Waals surface area contributed by atoms with E-state index in [2.05, 4.69) is 77.1 Å². The number of aromatic nitrogens is 2. The second-order valence-corrected chi connectivity index (χ2v) is 7.94. The Hall–Kier alpha value is -1.59. The van der Waals surface area contributed by atoms with Crippen molar-refractivity contribution in [2.24, 2.45) is 5.92 Å². The average Bonchev–Trinajstić information content (AvgIpc) is 3.03. The van der Waals surface area contributed by atoms with Gasteiger partial charge in [0.1, 0.15) is 0 Å². The Balaban J connectivity index is 1.88. The van der Waals surface area contributed by atoms with Gasteiger partial charge in [-0.25, -0.2) is 0 Å². The van der Waals surface area contributed by atoms with Gasteiger partial charge in [0.25, 0.3) is 0 Å². The summed E-state index contributed by atoms with van der Waals surface area (Å²) in [5, 5.41) is 4.61. The SMILES string of the molecule is CC(C)C(c1ccccc1)n1cc(B2OC(C)(C)C(C)(C)O2)cn1. The van der Waals surface area contributed by atoms with E-state index in [1.807, 2.05) is 16.9 Å². The molecule has 1 aliphatic heterocycles. The lowest BCUT2D eigenvalue weighted by Gasteiger charge is -2.32. The molecular weight excluding hydrogens is 299 g/mol. The maximum atomic E-state index is 6.13. The van der Waals surface area contributed by atoms with E-state index in [-0.39, 0.29) is 24.4 Å². The average molecular weight is 326 g/mol. The molecular formula is C19H27BN2O2. The molecule has 24 heavy (non-hydrogen) atoms. The molecule has 128 valence electrons. The number of nitrogens with zero attached hydrogens (tertiary/aromatic N) is 2. The summed E-state index contributed by atoms with van der Waals surface area (Å²) in [6.07, 6.45) is 3.92. The highest BCUT2D eigenvalue weighted by atomic mass is 16.7. The normalized spacial score (nSPS) is 20.5. The smallest absolute Gasteiger partial charge is 0.399 e. The molecule has 0 saturated carbocycles. The van der Waals surface area contributed by atoms with Crippen molar-refractivity contribution in [3.63, 3.8) is 0 Å². The molecule has 1 atom stereocenters. The first kappa shape index (κ1) is 17.2. The van der Waals surface area contributed by atoms with Gasteiger partial charge in [0.05, 0.1) is 17.2 Å². The minimum Gasteiger partial charge on any atom is -0.399 e.